The van der Waals surface area contributed by atoms with Gasteiger partial charge < -0.3 is 14.6 Å². The molecule has 1 aromatic heterocycles. The zero-order chi connectivity index (χ0) is 16.1. The number of aryl methyl sites for hydroxylation is 2. The third-order valence-electron chi connectivity index (χ3n) is 4.25. The Bertz CT molecular complexity index is 493. The predicted molar refractivity (Wildman–Crippen MR) is 84.0 cm³/mol. The molecule has 1 saturated heterocycles. The summed E-state index contributed by atoms with van der Waals surface area (Å²) < 4.78 is 10.6. The summed E-state index contributed by atoms with van der Waals surface area (Å²) in [6, 6.07) is 0.318. The number of ether oxygens (including phenoxy) is 1. The van der Waals surface area contributed by atoms with E-state index in [-0.39, 0.29) is 5.91 Å². The van der Waals surface area contributed by atoms with Gasteiger partial charge in [-0.1, -0.05) is 25.9 Å². The molecule has 6 nitrogen and oxygen atoms in total. The first kappa shape index (κ1) is 17.0. The topological polar surface area (TPSA) is 67.6 Å². The van der Waals surface area contributed by atoms with Gasteiger partial charge in [0, 0.05) is 25.7 Å². The molecule has 0 saturated carbocycles. The molecule has 2 heterocycles. The van der Waals surface area contributed by atoms with Gasteiger partial charge in [-0.05, 0) is 19.3 Å². The Morgan fingerprint density at radius 2 is 2.05 bits per heavy atom. The van der Waals surface area contributed by atoms with Gasteiger partial charge in [-0.3, -0.25) is 9.69 Å². The molecular formula is C16H27N3O3. The minimum atomic E-state index is -0.0884. The number of aromatic nitrogens is 1. The zero-order valence-corrected chi connectivity index (χ0v) is 14.0. The van der Waals surface area contributed by atoms with Gasteiger partial charge in [0.1, 0.15) is 11.3 Å². The Kier molecular flexibility index (Phi) is 5.97. The molecule has 0 spiro atoms. The Labute approximate surface area is 132 Å². The molecule has 0 bridgehead atoms. The Morgan fingerprint density at radius 3 is 2.64 bits per heavy atom. The monoisotopic (exact) mass is 309 g/mol. The number of nitrogens with one attached hydrogen (secondary N) is 1. The minimum absolute atomic E-state index is 0.0884. The lowest BCUT2D eigenvalue weighted by Gasteiger charge is -2.36. The molecule has 1 aliphatic heterocycles. The highest BCUT2D eigenvalue weighted by Gasteiger charge is 2.26. The van der Waals surface area contributed by atoms with E-state index in [1.54, 1.807) is 6.92 Å². The van der Waals surface area contributed by atoms with Crippen LogP contribution in [0.1, 0.15) is 42.6 Å². The molecule has 0 aliphatic carbocycles. The predicted octanol–water partition coefficient (Wildman–Crippen LogP) is 1.63. The highest BCUT2D eigenvalue weighted by atomic mass is 16.5. The number of morpholine rings is 1. The van der Waals surface area contributed by atoms with Crippen LogP contribution < -0.4 is 5.32 Å². The van der Waals surface area contributed by atoms with E-state index in [0.717, 1.165) is 32.0 Å². The van der Waals surface area contributed by atoms with Gasteiger partial charge in [0.25, 0.3) is 5.91 Å². The van der Waals surface area contributed by atoms with Gasteiger partial charge in [-0.15, -0.1) is 0 Å². The summed E-state index contributed by atoms with van der Waals surface area (Å²) >= 11 is 0. The van der Waals surface area contributed by atoms with Gasteiger partial charge >= 0.3 is 0 Å². The van der Waals surface area contributed by atoms with Crippen LogP contribution >= 0.6 is 0 Å². The quantitative estimate of drug-likeness (QED) is 0.865. The van der Waals surface area contributed by atoms with E-state index in [2.05, 4.69) is 29.2 Å². The minimum Gasteiger partial charge on any atom is -0.379 e. The Morgan fingerprint density at radius 1 is 1.36 bits per heavy atom. The van der Waals surface area contributed by atoms with E-state index in [1.165, 1.54) is 0 Å². The second-order valence-electron chi connectivity index (χ2n) is 6.08. The van der Waals surface area contributed by atoms with E-state index < -0.39 is 0 Å². The van der Waals surface area contributed by atoms with Gasteiger partial charge in [-0.25, -0.2) is 0 Å². The highest BCUT2D eigenvalue weighted by molar-refractivity contribution is 5.96. The fourth-order valence-corrected chi connectivity index (χ4v) is 2.93. The number of nitrogens with zero attached hydrogens (tertiary/aromatic N) is 2. The molecule has 1 N–H and O–H groups in total. The first-order valence-corrected chi connectivity index (χ1v) is 8.09. The summed E-state index contributed by atoms with van der Waals surface area (Å²) in [5.41, 5.74) is 1.31. The van der Waals surface area contributed by atoms with E-state index in [0.29, 0.717) is 36.2 Å². The van der Waals surface area contributed by atoms with Crippen LogP contribution in [0.15, 0.2) is 4.52 Å². The van der Waals surface area contributed by atoms with Crippen LogP contribution in [0.2, 0.25) is 0 Å². The van der Waals surface area contributed by atoms with E-state index in [1.807, 2.05) is 6.92 Å². The molecular weight excluding hydrogens is 282 g/mol. The third-order valence-corrected chi connectivity index (χ3v) is 4.25. The van der Waals surface area contributed by atoms with Gasteiger partial charge in [-0.2, -0.15) is 0 Å². The number of amides is 1. The first-order chi connectivity index (χ1) is 10.5. The van der Waals surface area contributed by atoms with Crippen molar-refractivity contribution >= 4 is 5.91 Å². The molecule has 0 radical (unpaired) electrons. The molecule has 124 valence electrons. The lowest BCUT2D eigenvalue weighted by atomic mass is 10.0. The van der Waals surface area contributed by atoms with Crippen molar-refractivity contribution in [2.45, 2.75) is 40.2 Å². The third kappa shape index (κ3) is 3.87. The lowest BCUT2D eigenvalue weighted by molar-refractivity contribution is 0.00672. The fourth-order valence-electron chi connectivity index (χ4n) is 2.93. The smallest absolute Gasteiger partial charge is 0.256 e. The molecule has 1 aromatic rings. The van der Waals surface area contributed by atoms with Gasteiger partial charge in [0.05, 0.1) is 18.9 Å². The average molecular weight is 309 g/mol. The summed E-state index contributed by atoms with van der Waals surface area (Å²) in [6.45, 7) is 12.1. The average Bonchev–Trinajstić information content (AvgIpc) is 2.89. The van der Waals surface area contributed by atoms with Crippen molar-refractivity contribution in [3.8, 4) is 0 Å². The maximum Gasteiger partial charge on any atom is 0.256 e. The first-order valence-electron chi connectivity index (χ1n) is 8.09. The van der Waals surface area contributed by atoms with Gasteiger partial charge in [0.15, 0.2) is 0 Å². The molecule has 6 heteroatoms. The summed E-state index contributed by atoms with van der Waals surface area (Å²) in [6.07, 6.45) is 0.692. The van der Waals surface area contributed by atoms with Crippen molar-refractivity contribution in [3.05, 3.63) is 17.0 Å². The van der Waals surface area contributed by atoms with Crippen LogP contribution in [0, 0.1) is 12.8 Å². The number of carbonyl (C=O) groups is 1. The Balaban J connectivity index is 1.99. The van der Waals surface area contributed by atoms with Crippen LogP contribution in [0.3, 0.4) is 0 Å². The second-order valence-corrected chi connectivity index (χ2v) is 6.08. The van der Waals surface area contributed by atoms with Gasteiger partial charge in [0.2, 0.25) is 0 Å². The molecule has 0 aromatic carbocycles. The van der Waals surface area contributed by atoms with Crippen molar-refractivity contribution in [1.29, 1.82) is 0 Å². The van der Waals surface area contributed by atoms with E-state index in [9.17, 15) is 4.79 Å². The van der Waals surface area contributed by atoms with Crippen LogP contribution in [-0.2, 0) is 11.2 Å². The van der Waals surface area contributed by atoms with Crippen molar-refractivity contribution in [2.24, 2.45) is 5.92 Å². The molecule has 22 heavy (non-hydrogen) atoms. The normalized spacial score (nSPS) is 17.7. The maximum atomic E-state index is 12.5. The number of rotatable bonds is 6. The van der Waals surface area contributed by atoms with Crippen molar-refractivity contribution in [2.75, 3.05) is 32.8 Å². The van der Waals surface area contributed by atoms with Crippen LogP contribution in [-0.4, -0.2) is 54.9 Å². The number of hydrogen-bond acceptors (Lipinski definition) is 5. The van der Waals surface area contributed by atoms with Crippen molar-refractivity contribution in [3.63, 3.8) is 0 Å². The molecule has 1 atom stereocenters. The standard InChI is InChI=1S/C16H27N3O3/c1-5-13-15(12(4)22-18-13)16(20)17-10-14(11(2)3)19-6-8-21-9-7-19/h11,14H,5-10H2,1-4H3,(H,17,20). The zero-order valence-electron chi connectivity index (χ0n) is 14.0. The Hall–Kier alpha value is -1.40. The van der Waals surface area contributed by atoms with Crippen LogP contribution in [0.4, 0.5) is 0 Å². The molecule has 1 aliphatic rings. The fraction of sp³-hybridized carbons (Fsp3) is 0.750. The van der Waals surface area contributed by atoms with Crippen LogP contribution in [0.25, 0.3) is 0 Å². The summed E-state index contributed by atoms with van der Waals surface area (Å²) in [7, 11) is 0. The summed E-state index contributed by atoms with van der Waals surface area (Å²) in [4.78, 5) is 14.9. The molecule has 2 rings (SSSR count). The lowest BCUT2D eigenvalue weighted by Crippen LogP contribution is -2.51. The van der Waals surface area contributed by atoms with E-state index in [4.69, 9.17) is 9.26 Å². The van der Waals surface area contributed by atoms with E-state index >= 15 is 0 Å². The largest absolute Gasteiger partial charge is 0.379 e. The number of hydrogen-bond donors (Lipinski definition) is 1. The SMILES string of the molecule is CCc1noc(C)c1C(=O)NCC(C(C)C)N1CCOCC1. The molecule has 1 unspecified atom stereocenters. The second kappa shape index (κ2) is 7.74. The van der Waals surface area contributed by atoms with Crippen molar-refractivity contribution in [1.82, 2.24) is 15.4 Å². The van der Waals surface area contributed by atoms with Crippen molar-refractivity contribution < 1.29 is 14.1 Å². The summed E-state index contributed by atoms with van der Waals surface area (Å²) in [5, 5.41) is 7.00. The van der Waals surface area contributed by atoms with Crippen LogP contribution in [0.5, 0.6) is 0 Å². The summed E-state index contributed by atoms with van der Waals surface area (Å²) in [5.74, 6) is 0.962. The maximum absolute atomic E-state index is 12.5. The molecule has 1 amide bonds. The highest BCUT2D eigenvalue weighted by Crippen LogP contribution is 2.15. The number of carbonyl (C=O) groups excluding carboxylic acids is 1. The molecule has 1 fully saturated rings.